The number of nitrogen functional groups attached to an aromatic ring is 1. The number of rotatable bonds is 6. The van der Waals surface area contributed by atoms with Crippen LogP contribution in [0.25, 0.3) is 0 Å². The zero-order chi connectivity index (χ0) is 12.9. The van der Waals surface area contributed by atoms with Crippen molar-refractivity contribution < 1.29 is 22.0 Å². The molecule has 17 heavy (non-hydrogen) atoms. The first kappa shape index (κ1) is 13.7. The van der Waals surface area contributed by atoms with E-state index in [2.05, 4.69) is 4.18 Å². The van der Waals surface area contributed by atoms with Crippen LogP contribution in [0.1, 0.15) is 0 Å². The van der Waals surface area contributed by atoms with Crippen molar-refractivity contribution in [2.45, 2.75) is 0 Å². The molecule has 0 aliphatic rings. The number of hydrogen-bond acceptors (Lipinski definition) is 6. The highest BCUT2D eigenvalue weighted by Gasteiger charge is 2.06. The number of hydroxylamine groups is 2. The van der Waals surface area contributed by atoms with Crippen molar-refractivity contribution in [1.82, 2.24) is 5.06 Å². The van der Waals surface area contributed by atoms with Gasteiger partial charge in [0.15, 0.2) is 0 Å². The van der Waals surface area contributed by atoms with E-state index in [1.54, 1.807) is 31.3 Å². The lowest BCUT2D eigenvalue weighted by Crippen LogP contribution is -2.27. The topological polar surface area (TPSA) is 102 Å². The molecule has 0 aliphatic carbocycles. The van der Waals surface area contributed by atoms with E-state index in [1.165, 1.54) is 5.06 Å². The molecule has 7 nitrogen and oxygen atoms in total. The maximum atomic E-state index is 10.3. The van der Waals surface area contributed by atoms with Crippen LogP contribution in [0.5, 0.6) is 5.75 Å². The quantitative estimate of drug-likeness (QED) is 0.432. The van der Waals surface area contributed by atoms with Gasteiger partial charge in [-0.15, -0.1) is 5.06 Å². The van der Waals surface area contributed by atoms with E-state index >= 15 is 0 Å². The van der Waals surface area contributed by atoms with E-state index in [-0.39, 0.29) is 13.2 Å². The van der Waals surface area contributed by atoms with Crippen molar-refractivity contribution in [2.24, 2.45) is 0 Å². The zero-order valence-corrected chi connectivity index (χ0v) is 10.1. The summed E-state index contributed by atoms with van der Waals surface area (Å²) < 4.78 is 33.0. The van der Waals surface area contributed by atoms with Gasteiger partial charge in [-0.2, -0.15) is 8.42 Å². The van der Waals surface area contributed by atoms with Gasteiger partial charge in [-0.3, -0.25) is 4.55 Å². The molecule has 0 saturated heterocycles. The first-order chi connectivity index (χ1) is 7.87. The molecule has 1 aromatic rings. The van der Waals surface area contributed by atoms with E-state index in [4.69, 9.17) is 15.1 Å². The summed E-state index contributed by atoms with van der Waals surface area (Å²) in [5.74, 6) is 0.563. The Morgan fingerprint density at radius 1 is 1.35 bits per heavy atom. The second kappa shape index (κ2) is 5.82. The number of benzene rings is 1. The van der Waals surface area contributed by atoms with E-state index < -0.39 is 10.4 Å². The lowest BCUT2D eigenvalue weighted by molar-refractivity contribution is -0.0398. The Balaban J connectivity index is 2.34. The minimum Gasteiger partial charge on any atom is -0.406 e. The van der Waals surface area contributed by atoms with Crippen LogP contribution in [0.2, 0.25) is 0 Å². The average molecular weight is 262 g/mol. The van der Waals surface area contributed by atoms with Gasteiger partial charge in [0.2, 0.25) is 0 Å². The van der Waals surface area contributed by atoms with Crippen molar-refractivity contribution in [1.29, 1.82) is 0 Å². The summed E-state index contributed by atoms with van der Waals surface area (Å²) in [6.07, 6.45) is 0. The van der Waals surface area contributed by atoms with Crippen molar-refractivity contribution in [3.05, 3.63) is 24.3 Å². The van der Waals surface area contributed by atoms with Crippen molar-refractivity contribution in [2.75, 3.05) is 25.9 Å². The van der Waals surface area contributed by atoms with Gasteiger partial charge in [0.05, 0.1) is 13.2 Å². The maximum Gasteiger partial charge on any atom is 0.397 e. The van der Waals surface area contributed by atoms with Crippen LogP contribution in [0.4, 0.5) is 5.69 Å². The largest absolute Gasteiger partial charge is 0.406 e. The fraction of sp³-hybridized carbons (Fsp3) is 0.333. The van der Waals surface area contributed by atoms with Crippen molar-refractivity contribution in [3.63, 3.8) is 0 Å². The number of likely N-dealkylation sites (N-methyl/N-ethyl adjacent to an activating group) is 1. The summed E-state index contributed by atoms with van der Waals surface area (Å²) in [6, 6.07) is 6.71. The number of nitrogens with two attached hydrogens (primary N) is 1. The third-order valence-electron chi connectivity index (χ3n) is 1.78. The van der Waals surface area contributed by atoms with Crippen LogP contribution in [0, 0.1) is 0 Å². The van der Waals surface area contributed by atoms with Crippen LogP contribution in [-0.2, 0) is 14.6 Å². The molecule has 0 aromatic heterocycles. The van der Waals surface area contributed by atoms with E-state index in [1.807, 2.05) is 0 Å². The van der Waals surface area contributed by atoms with Gasteiger partial charge in [-0.05, 0) is 24.3 Å². The van der Waals surface area contributed by atoms with Gasteiger partial charge in [-0.1, -0.05) is 0 Å². The Hall–Kier alpha value is -1.35. The molecule has 0 unspecified atom stereocenters. The molecule has 0 bridgehead atoms. The minimum absolute atomic E-state index is 0.171. The van der Waals surface area contributed by atoms with Gasteiger partial charge in [0.1, 0.15) is 5.75 Å². The Labute approximate surface area is 99.6 Å². The highest BCUT2D eigenvalue weighted by molar-refractivity contribution is 7.80. The number of hydrogen-bond donors (Lipinski definition) is 2. The fourth-order valence-electron chi connectivity index (χ4n) is 1.03. The zero-order valence-electron chi connectivity index (χ0n) is 9.24. The summed E-state index contributed by atoms with van der Waals surface area (Å²) in [5.41, 5.74) is 6.12. The first-order valence-electron chi connectivity index (χ1n) is 4.73. The lowest BCUT2D eigenvalue weighted by Gasteiger charge is -2.16. The van der Waals surface area contributed by atoms with Crippen LogP contribution in [0.3, 0.4) is 0 Å². The molecule has 0 saturated carbocycles. The second-order valence-corrected chi connectivity index (χ2v) is 4.35. The monoisotopic (exact) mass is 262 g/mol. The molecule has 0 aliphatic heterocycles. The first-order valence-corrected chi connectivity index (χ1v) is 6.10. The molecule has 0 heterocycles. The molecule has 8 heteroatoms. The molecule has 0 atom stereocenters. The average Bonchev–Trinajstić information content (AvgIpc) is 2.19. The maximum absolute atomic E-state index is 10.3. The summed E-state index contributed by atoms with van der Waals surface area (Å²) in [7, 11) is -2.80. The highest BCUT2D eigenvalue weighted by atomic mass is 32.3. The van der Waals surface area contributed by atoms with E-state index in [9.17, 15) is 8.42 Å². The summed E-state index contributed by atoms with van der Waals surface area (Å²) in [5, 5.41) is 1.37. The third kappa shape index (κ3) is 6.07. The van der Waals surface area contributed by atoms with E-state index in [0.29, 0.717) is 11.4 Å². The third-order valence-corrected chi connectivity index (χ3v) is 2.24. The molecule has 3 N–H and O–H groups in total. The molecular weight excluding hydrogens is 248 g/mol. The number of nitrogens with zero attached hydrogens (tertiary/aromatic N) is 1. The van der Waals surface area contributed by atoms with Gasteiger partial charge in [0.25, 0.3) is 0 Å². The summed E-state index contributed by atoms with van der Waals surface area (Å²) >= 11 is 0. The Bertz CT molecular complexity index is 445. The molecule has 96 valence electrons. The highest BCUT2D eigenvalue weighted by Crippen LogP contribution is 2.13. The van der Waals surface area contributed by atoms with E-state index in [0.717, 1.165) is 0 Å². The Morgan fingerprint density at radius 2 is 1.94 bits per heavy atom. The standard InChI is InChI=1S/C9H14N2O5S/c1-11(6-7-15-17(12,13)14)16-9-4-2-8(10)3-5-9/h2-5H,6-7,10H2,1H3,(H,12,13,14). The molecular formula is C9H14N2O5S. The molecule has 0 fully saturated rings. The lowest BCUT2D eigenvalue weighted by atomic mass is 10.3. The fourth-order valence-corrected chi connectivity index (χ4v) is 1.31. The molecule has 1 rings (SSSR count). The minimum atomic E-state index is -4.40. The smallest absolute Gasteiger partial charge is 0.397 e. The summed E-state index contributed by atoms with van der Waals surface area (Å²) in [6.45, 7) is -0.0333. The van der Waals surface area contributed by atoms with Crippen LogP contribution < -0.4 is 10.6 Å². The Morgan fingerprint density at radius 3 is 2.47 bits per heavy atom. The Kier molecular flexibility index (Phi) is 4.70. The van der Waals surface area contributed by atoms with Gasteiger partial charge in [-0.25, -0.2) is 4.18 Å². The van der Waals surface area contributed by atoms with Crippen LogP contribution in [-0.4, -0.2) is 38.2 Å². The van der Waals surface area contributed by atoms with Gasteiger partial charge >= 0.3 is 10.4 Å². The molecule has 0 amide bonds. The van der Waals surface area contributed by atoms with Crippen LogP contribution >= 0.6 is 0 Å². The van der Waals surface area contributed by atoms with Gasteiger partial charge in [0, 0.05) is 12.7 Å². The van der Waals surface area contributed by atoms with Crippen LogP contribution in [0.15, 0.2) is 24.3 Å². The number of anilines is 1. The van der Waals surface area contributed by atoms with Gasteiger partial charge < -0.3 is 10.6 Å². The second-order valence-electron chi connectivity index (χ2n) is 3.26. The molecule has 0 radical (unpaired) electrons. The predicted molar refractivity (Wildman–Crippen MR) is 61.6 cm³/mol. The predicted octanol–water partition coefficient (Wildman–Crippen LogP) is 0.314. The summed E-state index contributed by atoms with van der Waals surface area (Å²) in [4.78, 5) is 5.31. The van der Waals surface area contributed by atoms with Crippen molar-refractivity contribution in [3.8, 4) is 5.75 Å². The normalized spacial score (nSPS) is 11.7. The molecule has 0 spiro atoms. The molecule has 1 aromatic carbocycles. The SMILES string of the molecule is CN(CCOS(=O)(=O)O)Oc1ccc(N)cc1. The van der Waals surface area contributed by atoms with Crippen molar-refractivity contribution >= 4 is 16.1 Å².